The first-order valence-corrected chi connectivity index (χ1v) is 5.21. The average molecular weight is 251 g/mol. The van der Waals surface area contributed by atoms with Gasteiger partial charge in [0, 0.05) is 29.5 Å². The fourth-order valence-corrected chi connectivity index (χ4v) is 1.67. The SMILES string of the molecule is Cc1cc(-c2nccn2C)ccc1Br. The van der Waals surface area contributed by atoms with Gasteiger partial charge in [0.05, 0.1) is 0 Å². The monoisotopic (exact) mass is 250 g/mol. The van der Waals surface area contributed by atoms with Gasteiger partial charge in [-0.05, 0) is 24.6 Å². The van der Waals surface area contributed by atoms with Gasteiger partial charge in [-0.15, -0.1) is 0 Å². The van der Waals surface area contributed by atoms with Crippen molar-refractivity contribution in [1.29, 1.82) is 0 Å². The smallest absolute Gasteiger partial charge is 0.139 e. The van der Waals surface area contributed by atoms with Crippen LogP contribution in [0.4, 0.5) is 0 Å². The minimum Gasteiger partial charge on any atom is -0.334 e. The fraction of sp³-hybridized carbons (Fsp3) is 0.182. The molecule has 1 aromatic heterocycles. The summed E-state index contributed by atoms with van der Waals surface area (Å²) in [5, 5.41) is 0. The Bertz CT molecular complexity index is 460. The molecule has 0 saturated carbocycles. The van der Waals surface area contributed by atoms with Gasteiger partial charge in [0.15, 0.2) is 0 Å². The minimum absolute atomic E-state index is 1.00. The molecule has 2 aromatic rings. The van der Waals surface area contributed by atoms with Gasteiger partial charge in [-0.3, -0.25) is 0 Å². The molecule has 14 heavy (non-hydrogen) atoms. The summed E-state index contributed by atoms with van der Waals surface area (Å²) < 4.78 is 3.15. The third-order valence-electron chi connectivity index (χ3n) is 2.24. The van der Waals surface area contributed by atoms with Crippen LogP contribution in [0.15, 0.2) is 35.1 Å². The second-order valence-electron chi connectivity index (χ2n) is 3.33. The first-order chi connectivity index (χ1) is 6.68. The number of nitrogens with zero attached hydrogens (tertiary/aromatic N) is 2. The van der Waals surface area contributed by atoms with E-state index < -0.39 is 0 Å². The van der Waals surface area contributed by atoms with E-state index in [1.807, 2.05) is 24.0 Å². The predicted octanol–water partition coefficient (Wildman–Crippen LogP) is 3.16. The molecule has 2 rings (SSSR count). The van der Waals surface area contributed by atoms with Gasteiger partial charge in [-0.2, -0.15) is 0 Å². The van der Waals surface area contributed by atoms with Crippen LogP contribution in [0.5, 0.6) is 0 Å². The van der Waals surface area contributed by atoms with E-state index in [0.29, 0.717) is 0 Å². The summed E-state index contributed by atoms with van der Waals surface area (Å²) in [6.07, 6.45) is 3.76. The van der Waals surface area contributed by atoms with Gasteiger partial charge in [0.25, 0.3) is 0 Å². The van der Waals surface area contributed by atoms with E-state index in [0.717, 1.165) is 15.9 Å². The largest absolute Gasteiger partial charge is 0.334 e. The zero-order valence-electron chi connectivity index (χ0n) is 8.16. The number of imidazole rings is 1. The zero-order chi connectivity index (χ0) is 10.1. The van der Waals surface area contributed by atoms with E-state index >= 15 is 0 Å². The number of halogens is 1. The molecule has 0 unspecified atom stereocenters. The number of aromatic nitrogens is 2. The maximum absolute atomic E-state index is 4.30. The maximum atomic E-state index is 4.30. The molecular formula is C11H11BrN2. The van der Waals surface area contributed by atoms with E-state index in [4.69, 9.17) is 0 Å². The van der Waals surface area contributed by atoms with Gasteiger partial charge >= 0.3 is 0 Å². The van der Waals surface area contributed by atoms with Crippen molar-refractivity contribution in [2.45, 2.75) is 6.92 Å². The van der Waals surface area contributed by atoms with Crippen molar-refractivity contribution in [1.82, 2.24) is 9.55 Å². The van der Waals surface area contributed by atoms with Gasteiger partial charge in [0.2, 0.25) is 0 Å². The van der Waals surface area contributed by atoms with Crippen LogP contribution in [-0.4, -0.2) is 9.55 Å². The molecule has 72 valence electrons. The Morgan fingerprint density at radius 3 is 2.71 bits per heavy atom. The summed E-state index contributed by atoms with van der Waals surface area (Å²) in [6, 6.07) is 6.26. The first-order valence-electron chi connectivity index (χ1n) is 4.42. The topological polar surface area (TPSA) is 17.8 Å². The number of hydrogen-bond acceptors (Lipinski definition) is 1. The molecule has 0 N–H and O–H groups in total. The van der Waals surface area contributed by atoms with Crippen LogP contribution in [0.25, 0.3) is 11.4 Å². The van der Waals surface area contributed by atoms with Crippen LogP contribution in [0.2, 0.25) is 0 Å². The Kier molecular flexibility index (Phi) is 2.42. The van der Waals surface area contributed by atoms with Gasteiger partial charge in [-0.1, -0.05) is 22.0 Å². The molecule has 0 bridgehead atoms. The van der Waals surface area contributed by atoms with Crippen molar-refractivity contribution >= 4 is 15.9 Å². The molecule has 0 amide bonds. The van der Waals surface area contributed by atoms with E-state index in [2.05, 4.69) is 46.0 Å². The van der Waals surface area contributed by atoms with Crippen LogP contribution in [0.1, 0.15) is 5.56 Å². The maximum Gasteiger partial charge on any atom is 0.139 e. The van der Waals surface area contributed by atoms with Crippen LogP contribution in [0, 0.1) is 6.92 Å². The molecular weight excluding hydrogens is 240 g/mol. The van der Waals surface area contributed by atoms with Crippen molar-refractivity contribution in [3.05, 3.63) is 40.6 Å². The Hall–Kier alpha value is -1.09. The molecule has 0 spiro atoms. The summed E-state index contributed by atoms with van der Waals surface area (Å²) in [5.74, 6) is 1.00. The standard InChI is InChI=1S/C11H11BrN2/c1-8-7-9(3-4-10(8)12)11-13-5-6-14(11)2/h3-7H,1-2H3. The Balaban J connectivity index is 2.53. The molecule has 0 fully saturated rings. The highest BCUT2D eigenvalue weighted by Gasteiger charge is 2.04. The molecule has 0 aliphatic carbocycles. The Morgan fingerprint density at radius 2 is 2.14 bits per heavy atom. The van der Waals surface area contributed by atoms with E-state index in [1.165, 1.54) is 5.56 Å². The lowest BCUT2D eigenvalue weighted by molar-refractivity contribution is 0.924. The molecule has 0 radical (unpaired) electrons. The van der Waals surface area contributed by atoms with Crippen LogP contribution < -0.4 is 0 Å². The minimum atomic E-state index is 1.00. The third kappa shape index (κ3) is 1.60. The number of hydrogen-bond donors (Lipinski definition) is 0. The number of benzene rings is 1. The number of rotatable bonds is 1. The second kappa shape index (κ2) is 3.58. The lowest BCUT2D eigenvalue weighted by atomic mass is 10.1. The Labute approximate surface area is 91.7 Å². The van der Waals surface area contributed by atoms with E-state index in [9.17, 15) is 0 Å². The van der Waals surface area contributed by atoms with E-state index in [-0.39, 0.29) is 0 Å². The highest BCUT2D eigenvalue weighted by molar-refractivity contribution is 9.10. The first kappa shape index (κ1) is 9.46. The summed E-state index contributed by atoms with van der Waals surface area (Å²) >= 11 is 3.48. The van der Waals surface area contributed by atoms with Crippen molar-refractivity contribution < 1.29 is 0 Å². The molecule has 1 heterocycles. The van der Waals surface area contributed by atoms with Crippen LogP contribution >= 0.6 is 15.9 Å². The normalized spacial score (nSPS) is 10.5. The molecule has 0 atom stereocenters. The quantitative estimate of drug-likeness (QED) is 0.761. The average Bonchev–Trinajstić information content (AvgIpc) is 2.57. The summed E-state index contributed by atoms with van der Waals surface area (Å²) in [5.41, 5.74) is 2.38. The highest BCUT2D eigenvalue weighted by Crippen LogP contribution is 2.23. The third-order valence-corrected chi connectivity index (χ3v) is 3.13. The molecule has 2 nitrogen and oxygen atoms in total. The summed E-state index contributed by atoms with van der Waals surface area (Å²) in [6.45, 7) is 2.08. The van der Waals surface area contributed by atoms with Crippen molar-refractivity contribution in [3.8, 4) is 11.4 Å². The van der Waals surface area contributed by atoms with Crippen LogP contribution in [-0.2, 0) is 7.05 Å². The summed E-state index contributed by atoms with van der Waals surface area (Å²) in [7, 11) is 2.00. The molecule has 1 aromatic carbocycles. The lowest BCUT2D eigenvalue weighted by Crippen LogP contribution is -1.91. The zero-order valence-corrected chi connectivity index (χ0v) is 9.75. The molecule has 3 heteroatoms. The molecule has 0 aliphatic heterocycles. The van der Waals surface area contributed by atoms with Crippen molar-refractivity contribution in [3.63, 3.8) is 0 Å². The van der Waals surface area contributed by atoms with Crippen molar-refractivity contribution in [2.24, 2.45) is 7.05 Å². The van der Waals surface area contributed by atoms with Crippen molar-refractivity contribution in [2.75, 3.05) is 0 Å². The molecule has 0 saturated heterocycles. The van der Waals surface area contributed by atoms with Gasteiger partial charge in [0.1, 0.15) is 5.82 Å². The van der Waals surface area contributed by atoms with Gasteiger partial charge in [-0.25, -0.2) is 4.98 Å². The number of aryl methyl sites for hydroxylation is 2. The van der Waals surface area contributed by atoms with Gasteiger partial charge < -0.3 is 4.57 Å². The Morgan fingerprint density at radius 1 is 1.36 bits per heavy atom. The second-order valence-corrected chi connectivity index (χ2v) is 4.18. The highest BCUT2D eigenvalue weighted by atomic mass is 79.9. The van der Waals surface area contributed by atoms with E-state index in [1.54, 1.807) is 0 Å². The molecule has 0 aliphatic rings. The fourth-order valence-electron chi connectivity index (χ4n) is 1.43. The summed E-state index contributed by atoms with van der Waals surface area (Å²) in [4.78, 5) is 4.30. The predicted molar refractivity (Wildman–Crippen MR) is 61.1 cm³/mol. The van der Waals surface area contributed by atoms with Crippen LogP contribution in [0.3, 0.4) is 0 Å². The lowest BCUT2D eigenvalue weighted by Gasteiger charge is -2.04.